The Balaban J connectivity index is 3.17. The minimum Gasteiger partial charge on any atom is -0.481 e. The number of aliphatic carboxylic acids is 1. The molecule has 122 valence electrons. The number of rotatable bonds is 5. The van der Waals surface area contributed by atoms with Crippen molar-refractivity contribution >= 4 is 33.6 Å². The molecule has 1 rings (SSSR count). The number of alkyl halides is 3. The summed E-state index contributed by atoms with van der Waals surface area (Å²) in [5.74, 6) is -3.14. The molecule has 0 saturated heterocycles. The van der Waals surface area contributed by atoms with Crippen LogP contribution in [0.25, 0.3) is 0 Å². The standard InChI is InChI=1S/C13H13BrF3NO4/c1-22-12(21)7(5-10(19)20)2-6-3-8(13(15,16)17)11(18)9(14)4-6/h3-4,7H,2,5,18H2,1H3,(H,19,20). The summed E-state index contributed by atoms with van der Waals surface area (Å²) in [7, 11) is 1.08. The van der Waals surface area contributed by atoms with Gasteiger partial charge in [-0.25, -0.2) is 0 Å². The number of nitrogens with two attached hydrogens (primary N) is 1. The van der Waals surface area contributed by atoms with Crippen molar-refractivity contribution in [2.24, 2.45) is 5.92 Å². The molecule has 0 fully saturated rings. The van der Waals surface area contributed by atoms with Crippen LogP contribution in [0.4, 0.5) is 18.9 Å². The molecule has 1 aromatic rings. The Labute approximate surface area is 132 Å². The van der Waals surface area contributed by atoms with Crippen molar-refractivity contribution in [3.05, 3.63) is 27.7 Å². The van der Waals surface area contributed by atoms with Gasteiger partial charge < -0.3 is 15.6 Å². The van der Waals surface area contributed by atoms with Crippen LogP contribution in [0.2, 0.25) is 0 Å². The topological polar surface area (TPSA) is 89.6 Å². The monoisotopic (exact) mass is 383 g/mol. The van der Waals surface area contributed by atoms with E-state index in [-0.39, 0.29) is 16.5 Å². The molecule has 0 aliphatic carbocycles. The Bertz CT molecular complexity index is 589. The predicted molar refractivity (Wildman–Crippen MR) is 75.0 cm³/mol. The number of carboxylic acids is 1. The zero-order valence-electron chi connectivity index (χ0n) is 11.4. The van der Waals surface area contributed by atoms with Crippen molar-refractivity contribution in [3.8, 4) is 0 Å². The summed E-state index contributed by atoms with van der Waals surface area (Å²) < 4.78 is 43.2. The van der Waals surface area contributed by atoms with Gasteiger partial charge in [-0.3, -0.25) is 9.59 Å². The molecule has 0 aromatic heterocycles. The van der Waals surface area contributed by atoms with Crippen LogP contribution in [-0.2, 0) is 26.9 Å². The van der Waals surface area contributed by atoms with E-state index in [4.69, 9.17) is 10.8 Å². The third-order valence-corrected chi connectivity index (χ3v) is 3.59. The fraction of sp³-hybridized carbons (Fsp3) is 0.385. The van der Waals surface area contributed by atoms with Gasteiger partial charge in [-0.15, -0.1) is 0 Å². The highest BCUT2D eigenvalue weighted by atomic mass is 79.9. The molecule has 1 aromatic carbocycles. The van der Waals surface area contributed by atoms with E-state index in [9.17, 15) is 22.8 Å². The molecule has 0 radical (unpaired) electrons. The number of esters is 1. The van der Waals surface area contributed by atoms with Crippen molar-refractivity contribution in [1.29, 1.82) is 0 Å². The number of anilines is 1. The van der Waals surface area contributed by atoms with Crippen LogP contribution in [-0.4, -0.2) is 24.2 Å². The molecule has 5 nitrogen and oxygen atoms in total. The van der Waals surface area contributed by atoms with Crippen LogP contribution >= 0.6 is 15.9 Å². The summed E-state index contributed by atoms with van der Waals surface area (Å²) in [6, 6.07) is 2.13. The Morgan fingerprint density at radius 1 is 1.41 bits per heavy atom. The highest BCUT2D eigenvalue weighted by Crippen LogP contribution is 2.38. The van der Waals surface area contributed by atoms with Crippen LogP contribution < -0.4 is 5.73 Å². The second-order valence-electron chi connectivity index (χ2n) is 4.56. The van der Waals surface area contributed by atoms with Gasteiger partial charge in [-0.05, 0) is 40.0 Å². The summed E-state index contributed by atoms with van der Waals surface area (Å²) >= 11 is 2.93. The van der Waals surface area contributed by atoms with Gasteiger partial charge in [0.1, 0.15) is 0 Å². The number of halogens is 4. The summed E-state index contributed by atoms with van der Waals surface area (Å²) in [5.41, 5.74) is 4.00. The number of carbonyl (C=O) groups excluding carboxylic acids is 1. The van der Waals surface area contributed by atoms with Gasteiger partial charge in [0.2, 0.25) is 0 Å². The summed E-state index contributed by atoms with van der Waals surface area (Å²) in [4.78, 5) is 22.3. The summed E-state index contributed by atoms with van der Waals surface area (Å²) in [6.45, 7) is 0. The quantitative estimate of drug-likeness (QED) is 0.602. The number of benzene rings is 1. The number of nitrogen functional groups attached to an aromatic ring is 1. The van der Waals surface area contributed by atoms with Crippen LogP contribution in [0.5, 0.6) is 0 Å². The van der Waals surface area contributed by atoms with E-state index >= 15 is 0 Å². The first-order chi connectivity index (χ1) is 10.1. The first kappa shape index (κ1) is 18.3. The first-order valence-electron chi connectivity index (χ1n) is 6.01. The van der Waals surface area contributed by atoms with Crippen LogP contribution in [0.3, 0.4) is 0 Å². The molecule has 0 heterocycles. The second kappa shape index (κ2) is 6.99. The Hall–Kier alpha value is -1.77. The molecule has 0 aliphatic rings. The number of carbonyl (C=O) groups is 2. The lowest BCUT2D eigenvalue weighted by atomic mass is 9.94. The maximum atomic E-state index is 12.9. The Kier molecular flexibility index (Phi) is 5.81. The average Bonchev–Trinajstić information content (AvgIpc) is 2.39. The number of hydrogen-bond acceptors (Lipinski definition) is 4. The minimum absolute atomic E-state index is 0.0243. The molecule has 1 unspecified atom stereocenters. The molecule has 22 heavy (non-hydrogen) atoms. The van der Waals surface area contributed by atoms with Crippen molar-refractivity contribution in [2.75, 3.05) is 12.8 Å². The largest absolute Gasteiger partial charge is 0.481 e. The van der Waals surface area contributed by atoms with E-state index in [2.05, 4.69) is 20.7 Å². The van der Waals surface area contributed by atoms with Gasteiger partial charge in [-0.2, -0.15) is 13.2 Å². The van der Waals surface area contributed by atoms with Crippen molar-refractivity contribution in [2.45, 2.75) is 19.0 Å². The highest BCUT2D eigenvalue weighted by Gasteiger charge is 2.34. The summed E-state index contributed by atoms with van der Waals surface area (Å²) in [6.07, 6.45) is -5.41. The molecule has 9 heteroatoms. The smallest absolute Gasteiger partial charge is 0.418 e. The van der Waals surface area contributed by atoms with E-state index in [0.29, 0.717) is 0 Å². The van der Waals surface area contributed by atoms with Gasteiger partial charge in [0, 0.05) is 4.47 Å². The number of carboxylic acid groups (broad SMARTS) is 1. The lowest BCUT2D eigenvalue weighted by molar-refractivity contribution is -0.150. The van der Waals surface area contributed by atoms with Gasteiger partial charge in [-0.1, -0.05) is 0 Å². The number of hydrogen-bond donors (Lipinski definition) is 2. The second-order valence-corrected chi connectivity index (χ2v) is 5.41. The fourth-order valence-corrected chi connectivity index (χ4v) is 2.43. The van der Waals surface area contributed by atoms with Gasteiger partial charge in [0.25, 0.3) is 0 Å². The summed E-state index contributed by atoms with van der Waals surface area (Å²) in [5, 5.41) is 8.77. The maximum absolute atomic E-state index is 12.9. The van der Waals surface area contributed by atoms with E-state index < -0.39 is 41.7 Å². The number of methoxy groups -OCH3 is 1. The molecular formula is C13H13BrF3NO4. The molecular weight excluding hydrogens is 371 g/mol. The van der Waals surface area contributed by atoms with Gasteiger partial charge >= 0.3 is 18.1 Å². The first-order valence-corrected chi connectivity index (χ1v) is 6.80. The molecule has 0 spiro atoms. The predicted octanol–water partition coefficient (Wildman–Crippen LogP) is 2.86. The van der Waals surface area contributed by atoms with Crippen molar-refractivity contribution in [3.63, 3.8) is 0 Å². The van der Waals surface area contributed by atoms with Crippen LogP contribution in [0.1, 0.15) is 17.5 Å². The number of ether oxygens (including phenoxy) is 1. The zero-order valence-corrected chi connectivity index (χ0v) is 13.0. The molecule has 0 aliphatic heterocycles. The van der Waals surface area contributed by atoms with E-state index in [1.54, 1.807) is 0 Å². The van der Waals surface area contributed by atoms with Crippen molar-refractivity contribution < 1.29 is 32.6 Å². The van der Waals surface area contributed by atoms with Crippen molar-refractivity contribution in [1.82, 2.24) is 0 Å². The van der Waals surface area contributed by atoms with E-state index in [1.807, 2.05) is 0 Å². The van der Waals surface area contributed by atoms with Crippen LogP contribution in [0, 0.1) is 5.92 Å². The Morgan fingerprint density at radius 3 is 2.45 bits per heavy atom. The lowest BCUT2D eigenvalue weighted by Crippen LogP contribution is -2.22. The molecule has 3 N–H and O–H groups in total. The van der Waals surface area contributed by atoms with Crippen LogP contribution in [0.15, 0.2) is 16.6 Å². The lowest BCUT2D eigenvalue weighted by Gasteiger charge is -2.16. The fourth-order valence-electron chi connectivity index (χ4n) is 1.93. The minimum atomic E-state index is -4.66. The molecule has 0 bridgehead atoms. The van der Waals surface area contributed by atoms with Gasteiger partial charge in [0.05, 0.1) is 30.7 Å². The third-order valence-electron chi connectivity index (χ3n) is 2.93. The maximum Gasteiger partial charge on any atom is 0.418 e. The molecule has 0 amide bonds. The Morgan fingerprint density at radius 2 is 2.00 bits per heavy atom. The SMILES string of the molecule is COC(=O)C(CC(=O)O)Cc1cc(Br)c(N)c(C(F)(F)F)c1. The normalized spacial score (nSPS) is 12.8. The van der Waals surface area contributed by atoms with E-state index in [0.717, 1.165) is 13.2 Å². The highest BCUT2D eigenvalue weighted by molar-refractivity contribution is 9.10. The molecule has 0 saturated carbocycles. The molecule has 1 atom stereocenters. The average molecular weight is 384 g/mol. The third kappa shape index (κ3) is 4.62. The van der Waals surface area contributed by atoms with E-state index in [1.165, 1.54) is 6.07 Å². The van der Waals surface area contributed by atoms with Gasteiger partial charge in [0.15, 0.2) is 0 Å². The zero-order chi connectivity index (χ0) is 17.1.